The molecule has 3 aromatic rings. The quantitative estimate of drug-likeness (QED) is 0.534. The summed E-state index contributed by atoms with van der Waals surface area (Å²) < 4.78 is 8.25. The first-order valence-electron chi connectivity index (χ1n) is 9.25. The molecule has 0 saturated heterocycles. The molecule has 0 radical (unpaired) electrons. The number of nitrogens with one attached hydrogen (secondary N) is 1. The van der Waals surface area contributed by atoms with Gasteiger partial charge in [-0.25, -0.2) is 4.79 Å². The lowest BCUT2D eigenvalue weighted by Gasteiger charge is -2.12. The number of aromatic nitrogens is 1. The fourth-order valence-electron chi connectivity index (χ4n) is 3.14. The molecule has 29 heavy (non-hydrogen) atoms. The van der Waals surface area contributed by atoms with Gasteiger partial charge in [0.25, 0.3) is 5.91 Å². The zero-order valence-electron chi connectivity index (χ0n) is 16.9. The Kier molecular flexibility index (Phi) is 6.23. The van der Waals surface area contributed by atoms with E-state index >= 15 is 0 Å². The smallest absolute Gasteiger partial charge is 0.338 e. The van der Waals surface area contributed by atoms with E-state index in [1.54, 1.807) is 12.1 Å². The minimum atomic E-state index is -0.531. The highest BCUT2D eigenvalue weighted by molar-refractivity contribution is 9.10. The SMILES string of the molecule is Cc1cc(NC(=O)COC(=O)c2ccc(-n3c(C)ccc3C)cc2)c(C)cc1Br. The van der Waals surface area contributed by atoms with Crippen molar-refractivity contribution in [3.8, 4) is 5.69 Å². The molecule has 0 unspecified atom stereocenters. The maximum Gasteiger partial charge on any atom is 0.338 e. The van der Waals surface area contributed by atoms with Crippen molar-refractivity contribution in [2.45, 2.75) is 27.7 Å². The third kappa shape index (κ3) is 4.77. The molecule has 0 atom stereocenters. The first kappa shape index (κ1) is 20.9. The molecule has 3 rings (SSSR count). The van der Waals surface area contributed by atoms with Gasteiger partial charge in [-0.2, -0.15) is 0 Å². The van der Waals surface area contributed by atoms with Crippen molar-refractivity contribution in [3.63, 3.8) is 0 Å². The summed E-state index contributed by atoms with van der Waals surface area (Å²) in [7, 11) is 0. The van der Waals surface area contributed by atoms with Gasteiger partial charge in [-0.05, 0) is 87.4 Å². The molecule has 0 fully saturated rings. The zero-order chi connectivity index (χ0) is 21.1. The molecular formula is C23H23BrN2O3. The lowest BCUT2D eigenvalue weighted by molar-refractivity contribution is -0.119. The van der Waals surface area contributed by atoms with Crippen molar-refractivity contribution in [1.29, 1.82) is 0 Å². The summed E-state index contributed by atoms with van der Waals surface area (Å²) >= 11 is 3.46. The minimum Gasteiger partial charge on any atom is -0.452 e. The number of amides is 1. The van der Waals surface area contributed by atoms with E-state index in [0.29, 0.717) is 11.3 Å². The van der Waals surface area contributed by atoms with Gasteiger partial charge in [-0.3, -0.25) is 4.79 Å². The summed E-state index contributed by atoms with van der Waals surface area (Å²) in [6, 6.07) is 15.0. The van der Waals surface area contributed by atoms with Crippen LogP contribution in [-0.2, 0) is 9.53 Å². The second-order valence-electron chi connectivity index (χ2n) is 7.04. The maximum absolute atomic E-state index is 12.3. The van der Waals surface area contributed by atoms with Crippen molar-refractivity contribution in [2.75, 3.05) is 11.9 Å². The van der Waals surface area contributed by atoms with Gasteiger partial charge in [0.1, 0.15) is 0 Å². The number of nitrogens with zero attached hydrogens (tertiary/aromatic N) is 1. The van der Waals surface area contributed by atoms with E-state index in [9.17, 15) is 9.59 Å². The van der Waals surface area contributed by atoms with Crippen molar-refractivity contribution < 1.29 is 14.3 Å². The van der Waals surface area contributed by atoms with Crippen LogP contribution in [0, 0.1) is 27.7 Å². The summed E-state index contributed by atoms with van der Waals surface area (Å²) in [6.07, 6.45) is 0. The van der Waals surface area contributed by atoms with Gasteiger partial charge in [-0.1, -0.05) is 15.9 Å². The molecule has 0 aliphatic carbocycles. The number of carbonyl (C=O) groups is 2. The summed E-state index contributed by atoms with van der Waals surface area (Å²) in [5, 5.41) is 2.78. The van der Waals surface area contributed by atoms with E-state index in [0.717, 1.165) is 32.7 Å². The van der Waals surface area contributed by atoms with Gasteiger partial charge >= 0.3 is 5.97 Å². The highest BCUT2D eigenvalue weighted by Crippen LogP contribution is 2.24. The van der Waals surface area contributed by atoms with Crippen LogP contribution in [0.5, 0.6) is 0 Å². The molecule has 1 heterocycles. The molecule has 1 aromatic heterocycles. The summed E-state index contributed by atoms with van der Waals surface area (Å²) in [4.78, 5) is 24.5. The Bertz CT molecular complexity index is 1050. The summed E-state index contributed by atoms with van der Waals surface area (Å²) in [5.74, 6) is -0.908. The van der Waals surface area contributed by atoms with Crippen molar-refractivity contribution in [3.05, 3.63) is 81.1 Å². The third-order valence-electron chi connectivity index (χ3n) is 4.75. The summed E-state index contributed by atoms with van der Waals surface area (Å²) in [6.45, 7) is 7.57. The number of ether oxygens (including phenoxy) is 1. The molecule has 0 aliphatic rings. The molecule has 2 aromatic carbocycles. The number of anilines is 1. The van der Waals surface area contributed by atoms with Gasteiger partial charge in [0.2, 0.25) is 0 Å². The van der Waals surface area contributed by atoms with Crippen molar-refractivity contribution in [1.82, 2.24) is 4.57 Å². The van der Waals surface area contributed by atoms with E-state index in [2.05, 4.69) is 25.8 Å². The van der Waals surface area contributed by atoms with Crippen LogP contribution >= 0.6 is 15.9 Å². The van der Waals surface area contributed by atoms with Crippen LogP contribution < -0.4 is 5.32 Å². The van der Waals surface area contributed by atoms with E-state index in [1.165, 1.54) is 0 Å². The van der Waals surface area contributed by atoms with E-state index in [-0.39, 0.29) is 12.5 Å². The van der Waals surface area contributed by atoms with Gasteiger partial charge in [0, 0.05) is 27.2 Å². The van der Waals surface area contributed by atoms with E-state index in [1.807, 2.05) is 64.1 Å². The first-order chi connectivity index (χ1) is 13.8. The van der Waals surface area contributed by atoms with Gasteiger partial charge in [0.15, 0.2) is 6.61 Å². The average molecular weight is 455 g/mol. The number of aryl methyl sites for hydroxylation is 4. The van der Waals surface area contributed by atoms with Crippen LogP contribution in [0.15, 0.2) is 53.0 Å². The van der Waals surface area contributed by atoms with Crippen LogP contribution in [-0.4, -0.2) is 23.1 Å². The van der Waals surface area contributed by atoms with Crippen LogP contribution in [0.1, 0.15) is 32.9 Å². The largest absolute Gasteiger partial charge is 0.452 e. The minimum absolute atomic E-state index is 0.342. The normalized spacial score (nSPS) is 10.7. The predicted octanol–water partition coefficient (Wildman–Crippen LogP) is 5.27. The highest BCUT2D eigenvalue weighted by atomic mass is 79.9. The fraction of sp³-hybridized carbons (Fsp3) is 0.217. The molecule has 5 nitrogen and oxygen atoms in total. The molecule has 150 valence electrons. The second-order valence-corrected chi connectivity index (χ2v) is 7.89. The molecule has 1 amide bonds. The molecular weight excluding hydrogens is 432 g/mol. The van der Waals surface area contributed by atoms with Crippen LogP contribution in [0.4, 0.5) is 5.69 Å². The van der Waals surface area contributed by atoms with Crippen LogP contribution in [0.25, 0.3) is 5.69 Å². The van der Waals surface area contributed by atoms with Crippen molar-refractivity contribution in [2.24, 2.45) is 0 Å². The molecule has 6 heteroatoms. The number of hydrogen-bond donors (Lipinski definition) is 1. The van der Waals surface area contributed by atoms with E-state index in [4.69, 9.17) is 4.74 Å². The zero-order valence-corrected chi connectivity index (χ0v) is 18.5. The topological polar surface area (TPSA) is 60.3 Å². The van der Waals surface area contributed by atoms with Crippen LogP contribution in [0.3, 0.4) is 0 Å². The Balaban J connectivity index is 1.61. The Labute approximate surface area is 178 Å². The highest BCUT2D eigenvalue weighted by Gasteiger charge is 2.13. The Morgan fingerprint density at radius 1 is 0.931 bits per heavy atom. The molecule has 0 saturated carbocycles. The first-order valence-corrected chi connectivity index (χ1v) is 10.0. The number of hydrogen-bond acceptors (Lipinski definition) is 3. The summed E-state index contributed by atoms with van der Waals surface area (Å²) in [5.41, 5.74) is 6.25. The third-order valence-corrected chi connectivity index (χ3v) is 5.60. The Morgan fingerprint density at radius 2 is 1.55 bits per heavy atom. The standard InChI is InChI=1S/C23H23BrN2O3/c1-14-12-21(15(2)11-20(14)24)25-22(27)13-29-23(28)18-7-9-19(10-8-18)26-16(3)5-6-17(26)4/h5-12H,13H2,1-4H3,(H,25,27). The van der Waals surface area contributed by atoms with Gasteiger partial charge in [0.05, 0.1) is 5.56 Å². The van der Waals surface area contributed by atoms with E-state index < -0.39 is 5.97 Å². The Morgan fingerprint density at radius 3 is 2.17 bits per heavy atom. The van der Waals surface area contributed by atoms with Gasteiger partial charge in [-0.15, -0.1) is 0 Å². The number of rotatable bonds is 5. The second kappa shape index (κ2) is 8.66. The fourth-order valence-corrected chi connectivity index (χ4v) is 3.60. The lowest BCUT2D eigenvalue weighted by atomic mass is 10.1. The number of halogens is 1. The van der Waals surface area contributed by atoms with Crippen LogP contribution in [0.2, 0.25) is 0 Å². The number of benzene rings is 2. The molecule has 0 bridgehead atoms. The molecule has 0 spiro atoms. The average Bonchev–Trinajstić information content (AvgIpc) is 3.02. The number of esters is 1. The predicted molar refractivity (Wildman–Crippen MR) is 118 cm³/mol. The molecule has 0 aliphatic heterocycles. The maximum atomic E-state index is 12.3. The monoisotopic (exact) mass is 454 g/mol. The van der Waals surface area contributed by atoms with Gasteiger partial charge < -0.3 is 14.6 Å². The number of carbonyl (C=O) groups excluding carboxylic acids is 2. The Hall–Kier alpha value is -2.86. The lowest BCUT2D eigenvalue weighted by Crippen LogP contribution is -2.21. The molecule has 1 N–H and O–H groups in total. The van der Waals surface area contributed by atoms with Crippen molar-refractivity contribution >= 4 is 33.5 Å².